The highest BCUT2D eigenvalue weighted by Gasteiger charge is 2.41. The number of hydrogen-bond acceptors (Lipinski definition) is 6. The summed E-state index contributed by atoms with van der Waals surface area (Å²) < 4.78 is 18.1. The van der Waals surface area contributed by atoms with E-state index in [4.69, 9.17) is 19.2 Å². The lowest BCUT2D eigenvalue weighted by molar-refractivity contribution is -0.00521. The molecule has 1 unspecified atom stereocenters. The molecular weight excluding hydrogens is 450 g/mol. The molecule has 6 nitrogen and oxygen atoms in total. The second kappa shape index (κ2) is 9.93. The number of ether oxygens (including phenoxy) is 3. The molecule has 1 saturated heterocycles. The van der Waals surface area contributed by atoms with Gasteiger partial charge in [-0.25, -0.2) is 0 Å². The molecule has 0 saturated carbocycles. The fourth-order valence-corrected chi connectivity index (χ4v) is 5.84. The minimum absolute atomic E-state index is 0.218. The van der Waals surface area contributed by atoms with Crippen molar-refractivity contribution in [2.75, 3.05) is 32.2 Å². The topological polar surface area (TPSA) is 67.6 Å². The van der Waals surface area contributed by atoms with Crippen molar-refractivity contribution in [2.45, 2.75) is 50.9 Å². The van der Waals surface area contributed by atoms with E-state index < -0.39 is 5.60 Å². The van der Waals surface area contributed by atoms with Crippen LogP contribution >= 0.6 is 0 Å². The summed E-state index contributed by atoms with van der Waals surface area (Å²) in [4.78, 5) is 7.37. The first-order valence-corrected chi connectivity index (χ1v) is 12.6. The number of pyridine rings is 1. The zero-order chi connectivity index (χ0) is 25.3. The van der Waals surface area contributed by atoms with Gasteiger partial charge in [0.1, 0.15) is 11.4 Å². The van der Waals surface area contributed by atoms with Gasteiger partial charge in [-0.15, -0.1) is 0 Å². The van der Waals surface area contributed by atoms with Crippen LogP contribution in [0, 0.1) is 11.3 Å². The van der Waals surface area contributed by atoms with Crippen molar-refractivity contribution >= 4 is 5.69 Å². The summed E-state index contributed by atoms with van der Waals surface area (Å²) in [6, 6.07) is 18.5. The van der Waals surface area contributed by atoms with Crippen LogP contribution in [0.3, 0.4) is 0 Å². The number of rotatable bonds is 5. The number of methoxy groups -OCH3 is 2. The molecule has 2 heterocycles. The van der Waals surface area contributed by atoms with Crippen LogP contribution in [0.1, 0.15) is 49.1 Å². The van der Waals surface area contributed by atoms with Crippen LogP contribution in [0.5, 0.6) is 5.75 Å². The molecule has 1 fully saturated rings. The van der Waals surface area contributed by atoms with E-state index >= 15 is 0 Å². The third-order valence-corrected chi connectivity index (χ3v) is 7.46. The van der Waals surface area contributed by atoms with E-state index in [-0.39, 0.29) is 12.2 Å². The van der Waals surface area contributed by atoms with Gasteiger partial charge in [-0.3, -0.25) is 4.98 Å². The number of nitriles is 1. The molecule has 5 rings (SSSR count). The van der Waals surface area contributed by atoms with Gasteiger partial charge in [0, 0.05) is 43.2 Å². The van der Waals surface area contributed by atoms with Crippen molar-refractivity contribution in [3.8, 4) is 22.9 Å². The molecule has 2 aliphatic rings. The van der Waals surface area contributed by atoms with Crippen molar-refractivity contribution in [1.82, 2.24) is 4.98 Å². The van der Waals surface area contributed by atoms with Gasteiger partial charge >= 0.3 is 0 Å². The second-order valence-electron chi connectivity index (χ2n) is 9.82. The van der Waals surface area contributed by atoms with E-state index in [0.717, 1.165) is 66.0 Å². The predicted octanol–water partition coefficient (Wildman–Crippen LogP) is 5.47. The molecule has 0 amide bonds. The molecule has 36 heavy (non-hydrogen) atoms. The Morgan fingerprint density at radius 2 is 1.72 bits per heavy atom. The van der Waals surface area contributed by atoms with Crippen LogP contribution in [-0.2, 0) is 21.5 Å². The van der Waals surface area contributed by atoms with Gasteiger partial charge in [-0.2, -0.15) is 5.26 Å². The highest BCUT2D eigenvalue weighted by molar-refractivity contribution is 5.74. The summed E-state index contributed by atoms with van der Waals surface area (Å²) >= 11 is 0. The smallest absolute Gasteiger partial charge is 0.135 e. The third-order valence-electron chi connectivity index (χ3n) is 7.46. The maximum absolute atomic E-state index is 9.22. The minimum atomic E-state index is -0.666. The Hall–Kier alpha value is -3.40. The maximum Gasteiger partial charge on any atom is 0.135 e. The summed E-state index contributed by atoms with van der Waals surface area (Å²) in [6.07, 6.45) is 5.00. The minimum Gasteiger partial charge on any atom is -0.496 e. The molecule has 3 atom stereocenters. The first-order valence-electron chi connectivity index (χ1n) is 12.6. The Bertz CT molecular complexity index is 1260. The van der Waals surface area contributed by atoms with E-state index in [1.165, 1.54) is 5.69 Å². The molecule has 1 aliphatic heterocycles. The lowest BCUT2D eigenvalue weighted by Crippen LogP contribution is -2.45. The highest BCUT2D eigenvalue weighted by Crippen LogP contribution is 2.47. The standard InChI is InChI=1S/C30H33N3O3/c1-20-18-33(19-21(2)36-20)25-13-9-23(10-14-25)27-17-32-29-26(28(27)34-3)6-5-15-30(29,35-4)24-11-7-22(16-31)8-12-24/h7-14,17,20-21H,5-6,15,18-19H2,1-4H3/t20-,21+,30?. The molecule has 1 aliphatic carbocycles. The van der Waals surface area contributed by atoms with Gasteiger partial charge < -0.3 is 19.1 Å². The molecule has 2 aromatic carbocycles. The Kier molecular flexibility index (Phi) is 6.70. The van der Waals surface area contributed by atoms with Crippen molar-refractivity contribution in [3.05, 3.63) is 77.1 Å². The summed E-state index contributed by atoms with van der Waals surface area (Å²) in [6.45, 7) is 6.03. The van der Waals surface area contributed by atoms with Gasteiger partial charge in [0.25, 0.3) is 0 Å². The van der Waals surface area contributed by atoms with E-state index in [9.17, 15) is 5.26 Å². The zero-order valence-corrected chi connectivity index (χ0v) is 21.5. The van der Waals surface area contributed by atoms with E-state index in [0.29, 0.717) is 5.56 Å². The fraction of sp³-hybridized carbons (Fsp3) is 0.400. The number of fused-ring (bicyclic) bond motifs is 1. The average molecular weight is 484 g/mol. The van der Waals surface area contributed by atoms with Crippen LogP contribution < -0.4 is 9.64 Å². The van der Waals surface area contributed by atoms with Gasteiger partial charge in [-0.1, -0.05) is 24.3 Å². The van der Waals surface area contributed by atoms with Crippen molar-refractivity contribution < 1.29 is 14.2 Å². The molecule has 0 spiro atoms. The van der Waals surface area contributed by atoms with Gasteiger partial charge in [-0.05, 0) is 68.5 Å². The van der Waals surface area contributed by atoms with Gasteiger partial charge in [0.05, 0.1) is 36.6 Å². The first kappa shape index (κ1) is 24.3. The number of aromatic nitrogens is 1. The lowest BCUT2D eigenvalue weighted by Gasteiger charge is -2.38. The molecule has 0 bridgehead atoms. The molecular formula is C30H33N3O3. The van der Waals surface area contributed by atoms with E-state index in [1.54, 1.807) is 14.2 Å². The number of anilines is 1. The number of hydrogen-bond donors (Lipinski definition) is 0. The summed E-state index contributed by atoms with van der Waals surface area (Å²) in [7, 11) is 3.47. The van der Waals surface area contributed by atoms with Crippen molar-refractivity contribution in [3.63, 3.8) is 0 Å². The van der Waals surface area contributed by atoms with Crippen LogP contribution in [-0.4, -0.2) is 44.5 Å². The molecule has 0 N–H and O–H groups in total. The number of benzene rings is 2. The first-order chi connectivity index (χ1) is 17.5. The van der Waals surface area contributed by atoms with Gasteiger partial charge in [0.15, 0.2) is 0 Å². The van der Waals surface area contributed by atoms with Crippen molar-refractivity contribution in [2.24, 2.45) is 0 Å². The zero-order valence-electron chi connectivity index (χ0n) is 21.5. The SMILES string of the molecule is COc1c(-c2ccc(N3C[C@@H](C)O[C@@H](C)C3)cc2)cnc2c1CCCC2(OC)c1ccc(C#N)cc1. The third kappa shape index (κ3) is 4.23. The molecule has 186 valence electrons. The summed E-state index contributed by atoms with van der Waals surface area (Å²) in [5, 5.41) is 9.22. The van der Waals surface area contributed by atoms with Gasteiger partial charge in [0.2, 0.25) is 0 Å². The maximum atomic E-state index is 9.22. The Labute approximate surface area is 213 Å². The molecule has 6 heteroatoms. The second-order valence-corrected chi connectivity index (χ2v) is 9.82. The van der Waals surface area contributed by atoms with E-state index in [1.807, 2.05) is 30.5 Å². The average Bonchev–Trinajstić information content (AvgIpc) is 2.91. The monoisotopic (exact) mass is 483 g/mol. The molecule has 3 aromatic rings. The predicted molar refractivity (Wildman–Crippen MR) is 140 cm³/mol. The lowest BCUT2D eigenvalue weighted by atomic mass is 9.76. The Morgan fingerprint density at radius 1 is 1.03 bits per heavy atom. The fourth-order valence-electron chi connectivity index (χ4n) is 5.84. The van der Waals surface area contributed by atoms with E-state index in [2.05, 4.69) is 49.1 Å². The van der Waals surface area contributed by atoms with Crippen LogP contribution in [0.4, 0.5) is 5.69 Å². The van der Waals surface area contributed by atoms with Crippen molar-refractivity contribution in [1.29, 1.82) is 5.26 Å². The highest BCUT2D eigenvalue weighted by atomic mass is 16.5. The Morgan fingerprint density at radius 3 is 2.33 bits per heavy atom. The van der Waals surface area contributed by atoms with Crippen LogP contribution in [0.15, 0.2) is 54.7 Å². The van der Waals surface area contributed by atoms with Crippen LogP contribution in [0.25, 0.3) is 11.1 Å². The number of morpholine rings is 1. The normalized spacial score (nSPS) is 23.6. The number of nitrogens with zero attached hydrogens (tertiary/aromatic N) is 3. The Balaban J connectivity index is 1.52. The summed E-state index contributed by atoms with van der Waals surface area (Å²) in [5.74, 6) is 0.858. The quantitative estimate of drug-likeness (QED) is 0.479. The van der Waals surface area contributed by atoms with Crippen LogP contribution in [0.2, 0.25) is 0 Å². The largest absolute Gasteiger partial charge is 0.496 e. The summed E-state index contributed by atoms with van der Waals surface area (Å²) in [5.41, 5.74) is 6.22. The molecule has 0 radical (unpaired) electrons. The molecule has 1 aromatic heterocycles.